The summed E-state index contributed by atoms with van der Waals surface area (Å²) >= 11 is 0. The summed E-state index contributed by atoms with van der Waals surface area (Å²) in [6.07, 6.45) is 1.46. The molecule has 38 heavy (non-hydrogen) atoms. The van der Waals surface area contributed by atoms with Gasteiger partial charge in [0.05, 0.1) is 32.6 Å². The Kier molecular flexibility index (Phi) is 8.10. The van der Waals surface area contributed by atoms with E-state index in [4.69, 9.17) is 19.6 Å². The lowest BCUT2D eigenvalue weighted by Crippen LogP contribution is -2.37. The lowest BCUT2D eigenvalue weighted by Gasteiger charge is -2.33. The molecule has 0 saturated carbocycles. The smallest absolute Gasteiger partial charge is 0.242 e. The van der Waals surface area contributed by atoms with Crippen LogP contribution in [0.4, 0.5) is 5.69 Å². The van der Waals surface area contributed by atoms with Gasteiger partial charge in [0, 0.05) is 35.3 Å². The molecule has 0 bridgehead atoms. The fraction of sp³-hybridized carbons (Fsp3) is 0.571. The predicted molar refractivity (Wildman–Crippen MR) is 146 cm³/mol. The maximum atomic E-state index is 13.7. The zero-order valence-corrected chi connectivity index (χ0v) is 23.7. The highest BCUT2D eigenvalue weighted by atomic mass is 16.5. The van der Waals surface area contributed by atoms with Crippen molar-refractivity contribution in [2.75, 3.05) is 44.9 Å². The fourth-order valence-electron chi connectivity index (χ4n) is 5.02. The Hall–Kier alpha value is -3.40. The molecule has 0 amide bonds. The Morgan fingerprint density at radius 1 is 1.08 bits per heavy atom. The van der Waals surface area contributed by atoms with Crippen molar-refractivity contribution in [3.05, 3.63) is 40.0 Å². The highest BCUT2D eigenvalue weighted by Gasteiger charge is 2.27. The summed E-state index contributed by atoms with van der Waals surface area (Å²) < 4.78 is 20.1. The second-order valence-corrected chi connectivity index (χ2v) is 10.5. The van der Waals surface area contributed by atoms with E-state index >= 15 is 0 Å². The minimum absolute atomic E-state index is 0.0321. The number of aryl methyl sites for hydroxylation is 1. The number of benzene rings is 1. The molecule has 1 fully saturated rings. The molecule has 0 spiro atoms. The van der Waals surface area contributed by atoms with Crippen LogP contribution in [0.5, 0.6) is 11.6 Å². The first-order chi connectivity index (χ1) is 18.1. The van der Waals surface area contributed by atoms with E-state index in [1.807, 2.05) is 19.1 Å². The zero-order valence-electron chi connectivity index (χ0n) is 23.7. The molecule has 0 unspecified atom stereocenters. The quantitative estimate of drug-likeness (QED) is 0.427. The van der Waals surface area contributed by atoms with Crippen LogP contribution in [0.2, 0.25) is 0 Å². The maximum absolute atomic E-state index is 13.7. The minimum atomic E-state index is -0.244. The molecule has 3 heterocycles. The SMILES string of the molecule is CCOc1nn2c(=N)n(CC(=O)c3cc(N4CCOCC4)c(OC)c(C(C)(C)C)c3)nc2c(CC)c1CC. The molecule has 1 aliphatic rings. The Balaban J connectivity index is 1.79. The summed E-state index contributed by atoms with van der Waals surface area (Å²) in [5.41, 5.74) is 4.77. The number of methoxy groups -OCH3 is 1. The number of carbonyl (C=O) groups excluding carboxylic acids is 1. The molecule has 0 radical (unpaired) electrons. The molecule has 10 nitrogen and oxygen atoms in total. The van der Waals surface area contributed by atoms with Gasteiger partial charge in [-0.3, -0.25) is 10.2 Å². The average molecular weight is 525 g/mol. The highest BCUT2D eigenvalue weighted by Crippen LogP contribution is 2.40. The number of Topliss-reactive ketones (excluding diaryl/α,β-unsaturated/α-hetero) is 1. The Bertz CT molecular complexity index is 1380. The van der Waals surface area contributed by atoms with E-state index in [2.05, 4.69) is 49.7 Å². The zero-order chi connectivity index (χ0) is 27.6. The minimum Gasteiger partial charge on any atom is -0.494 e. The van der Waals surface area contributed by atoms with Crippen LogP contribution in [0.15, 0.2) is 12.1 Å². The number of fused-ring (bicyclic) bond motifs is 1. The van der Waals surface area contributed by atoms with Gasteiger partial charge in [0.1, 0.15) is 12.3 Å². The van der Waals surface area contributed by atoms with E-state index in [0.29, 0.717) is 36.9 Å². The van der Waals surface area contributed by atoms with Crippen LogP contribution in [-0.2, 0) is 29.5 Å². The van der Waals surface area contributed by atoms with Gasteiger partial charge in [-0.2, -0.15) is 4.52 Å². The van der Waals surface area contributed by atoms with E-state index in [9.17, 15) is 4.79 Å². The first-order valence-corrected chi connectivity index (χ1v) is 13.4. The first kappa shape index (κ1) is 27.6. The number of nitrogens with zero attached hydrogens (tertiary/aromatic N) is 5. The molecule has 1 aromatic carbocycles. The summed E-state index contributed by atoms with van der Waals surface area (Å²) in [7, 11) is 1.67. The van der Waals surface area contributed by atoms with E-state index in [-0.39, 0.29) is 23.4 Å². The van der Waals surface area contributed by atoms with Gasteiger partial charge in [0.15, 0.2) is 11.4 Å². The summed E-state index contributed by atoms with van der Waals surface area (Å²) in [4.78, 5) is 15.9. The lowest BCUT2D eigenvalue weighted by molar-refractivity contribution is 0.0965. The van der Waals surface area contributed by atoms with Crippen LogP contribution >= 0.6 is 0 Å². The van der Waals surface area contributed by atoms with Gasteiger partial charge in [-0.25, -0.2) is 4.68 Å². The van der Waals surface area contributed by atoms with Gasteiger partial charge in [0.2, 0.25) is 11.5 Å². The molecule has 0 aliphatic carbocycles. The molecule has 1 aliphatic heterocycles. The number of morpholine rings is 1. The summed E-state index contributed by atoms with van der Waals surface area (Å²) in [6, 6.07) is 3.82. The largest absolute Gasteiger partial charge is 0.494 e. The molecule has 2 aromatic heterocycles. The topological polar surface area (TPSA) is 107 Å². The second-order valence-electron chi connectivity index (χ2n) is 10.5. The van der Waals surface area contributed by atoms with Gasteiger partial charge in [0.25, 0.3) is 0 Å². The van der Waals surface area contributed by atoms with Crippen LogP contribution < -0.4 is 20.0 Å². The Morgan fingerprint density at radius 3 is 2.34 bits per heavy atom. The third kappa shape index (κ3) is 5.14. The van der Waals surface area contributed by atoms with Crippen molar-refractivity contribution in [3.8, 4) is 11.6 Å². The van der Waals surface area contributed by atoms with Gasteiger partial charge in [-0.05, 0) is 37.3 Å². The van der Waals surface area contributed by atoms with Crippen molar-refractivity contribution < 1.29 is 19.0 Å². The normalized spacial score (nSPS) is 14.2. The summed E-state index contributed by atoms with van der Waals surface area (Å²) in [5.74, 6) is 1.17. The van der Waals surface area contributed by atoms with Crippen molar-refractivity contribution in [3.63, 3.8) is 0 Å². The van der Waals surface area contributed by atoms with Crippen LogP contribution in [0.25, 0.3) is 5.65 Å². The van der Waals surface area contributed by atoms with Crippen molar-refractivity contribution in [1.29, 1.82) is 5.41 Å². The fourth-order valence-corrected chi connectivity index (χ4v) is 5.02. The maximum Gasteiger partial charge on any atom is 0.242 e. The molecule has 1 saturated heterocycles. The van der Waals surface area contributed by atoms with Crippen molar-refractivity contribution in [1.82, 2.24) is 19.4 Å². The van der Waals surface area contributed by atoms with Gasteiger partial charge < -0.3 is 19.1 Å². The second kappa shape index (κ2) is 11.1. The number of ether oxygens (including phenoxy) is 3. The molecular formula is C28H40N6O4. The van der Waals surface area contributed by atoms with E-state index in [1.54, 1.807) is 7.11 Å². The summed E-state index contributed by atoms with van der Waals surface area (Å²) in [5, 5.41) is 18.0. The predicted octanol–water partition coefficient (Wildman–Crippen LogP) is 3.56. The number of anilines is 1. The number of rotatable bonds is 9. The highest BCUT2D eigenvalue weighted by molar-refractivity contribution is 5.97. The number of ketones is 1. The Labute approximate surface area is 224 Å². The van der Waals surface area contributed by atoms with Crippen LogP contribution in [0, 0.1) is 5.41 Å². The van der Waals surface area contributed by atoms with Crippen LogP contribution in [-0.4, -0.2) is 65.2 Å². The number of carbonyl (C=O) groups is 1. The van der Waals surface area contributed by atoms with Crippen molar-refractivity contribution in [2.24, 2.45) is 0 Å². The van der Waals surface area contributed by atoms with E-state index in [0.717, 1.165) is 54.1 Å². The van der Waals surface area contributed by atoms with Gasteiger partial charge in [-0.1, -0.05) is 34.6 Å². The molecular weight excluding hydrogens is 484 g/mol. The average Bonchev–Trinajstić information content (AvgIpc) is 3.21. The van der Waals surface area contributed by atoms with Crippen molar-refractivity contribution >= 4 is 17.1 Å². The van der Waals surface area contributed by atoms with Crippen molar-refractivity contribution in [2.45, 2.75) is 66.3 Å². The number of hydrogen-bond acceptors (Lipinski definition) is 8. The molecule has 1 N–H and O–H groups in total. The lowest BCUT2D eigenvalue weighted by atomic mass is 9.84. The van der Waals surface area contributed by atoms with Gasteiger partial charge >= 0.3 is 0 Å². The third-order valence-corrected chi connectivity index (χ3v) is 6.98. The Morgan fingerprint density at radius 2 is 1.76 bits per heavy atom. The molecule has 0 atom stereocenters. The standard InChI is InChI=1S/C28H40N6O4/c1-8-19-20(9-2)26(38-10-3)31-34-25(19)30-33(27(34)29)17-23(35)18-15-21(28(4,5)6)24(36-7)22(16-18)32-11-13-37-14-12-32/h15-16,29H,8-14,17H2,1-7H3. The molecule has 10 heteroatoms. The summed E-state index contributed by atoms with van der Waals surface area (Å²) in [6.45, 7) is 15.5. The van der Waals surface area contributed by atoms with Crippen LogP contribution in [0.3, 0.4) is 0 Å². The molecule has 4 rings (SSSR count). The first-order valence-electron chi connectivity index (χ1n) is 13.4. The number of nitrogens with one attached hydrogen (secondary N) is 1. The number of hydrogen-bond donors (Lipinski definition) is 1. The molecule has 3 aromatic rings. The van der Waals surface area contributed by atoms with E-state index in [1.165, 1.54) is 9.20 Å². The third-order valence-electron chi connectivity index (χ3n) is 6.98. The monoisotopic (exact) mass is 524 g/mol. The van der Waals surface area contributed by atoms with E-state index < -0.39 is 0 Å². The van der Waals surface area contributed by atoms with Gasteiger partial charge in [-0.15, -0.1) is 10.2 Å². The van der Waals surface area contributed by atoms with Crippen LogP contribution in [0.1, 0.15) is 68.6 Å². The molecule has 206 valence electrons. The number of aromatic nitrogens is 4.